The van der Waals surface area contributed by atoms with E-state index >= 15 is 0 Å². The van der Waals surface area contributed by atoms with Crippen LogP contribution in [0.5, 0.6) is 0 Å². The van der Waals surface area contributed by atoms with Crippen LogP contribution < -0.4 is 5.32 Å². The first-order valence-electron chi connectivity index (χ1n) is 10.4. The van der Waals surface area contributed by atoms with E-state index in [1.807, 2.05) is 36.1 Å². The number of rotatable bonds is 4. The predicted octanol–water partition coefficient (Wildman–Crippen LogP) is 5.32. The topological polar surface area (TPSA) is 75.2 Å². The summed E-state index contributed by atoms with van der Waals surface area (Å²) < 4.78 is 0. The Kier molecular flexibility index (Phi) is 6.91. The van der Waals surface area contributed by atoms with Crippen LogP contribution in [0.2, 0.25) is 0 Å². The second-order valence-electron chi connectivity index (χ2n) is 7.98. The van der Waals surface area contributed by atoms with Crippen LogP contribution in [0.25, 0.3) is 11.0 Å². The molecule has 2 aromatic heterocycles. The number of benzene rings is 1. The first kappa shape index (κ1) is 22.7. The number of halogens is 1. The number of pyridine rings is 2. The Hall–Kier alpha value is -2.99. The number of likely N-dealkylation sites (tertiary alicyclic amines) is 1. The molecule has 1 aliphatic heterocycles. The van der Waals surface area contributed by atoms with Gasteiger partial charge >= 0.3 is 0 Å². The summed E-state index contributed by atoms with van der Waals surface area (Å²) in [5.74, 6) is -0.0311. The van der Waals surface area contributed by atoms with Gasteiger partial charge in [0.05, 0.1) is 11.3 Å². The van der Waals surface area contributed by atoms with E-state index in [0.29, 0.717) is 22.5 Å². The zero-order valence-corrected chi connectivity index (χ0v) is 18.8. The highest BCUT2D eigenvalue weighted by molar-refractivity contribution is 6.07. The lowest BCUT2D eigenvalue weighted by atomic mass is 10.0. The van der Waals surface area contributed by atoms with Gasteiger partial charge in [-0.1, -0.05) is 12.1 Å². The smallest absolute Gasteiger partial charge is 0.257 e. The molecule has 1 fully saturated rings. The molecule has 0 aliphatic carbocycles. The molecule has 4 rings (SSSR count). The summed E-state index contributed by atoms with van der Waals surface area (Å²) in [5.41, 5.74) is 4.01. The van der Waals surface area contributed by atoms with Crippen molar-refractivity contribution in [3.8, 4) is 0 Å². The van der Waals surface area contributed by atoms with Crippen LogP contribution in [0.1, 0.15) is 59.5 Å². The number of ketones is 1. The van der Waals surface area contributed by atoms with Gasteiger partial charge in [0.1, 0.15) is 0 Å². The molecule has 31 heavy (non-hydrogen) atoms. The first-order valence-corrected chi connectivity index (χ1v) is 10.4. The number of fused-ring (bicyclic) bond motifs is 1. The molecule has 6 nitrogen and oxygen atoms in total. The zero-order chi connectivity index (χ0) is 21.3. The van der Waals surface area contributed by atoms with Crippen LogP contribution in [0.3, 0.4) is 0 Å². The number of hydrogen-bond donors (Lipinski definition) is 1. The summed E-state index contributed by atoms with van der Waals surface area (Å²) in [6.07, 6.45) is 4.79. The Morgan fingerprint density at radius 3 is 2.71 bits per heavy atom. The number of hydrogen-bond acceptors (Lipinski definition) is 5. The number of Topliss-reactive ketones (excluding diaryl/α,β-unsaturated/α-hetero) is 1. The third kappa shape index (κ3) is 4.69. The van der Waals surface area contributed by atoms with Crippen LogP contribution in [0.4, 0.5) is 11.4 Å². The summed E-state index contributed by atoms with van der Waals surface area (Å²) in [6.45, 7) is 6.31. The van der Waals surface area contributed by atoms with Gasteiger partial charge in [0.25, 0.3) is 5.91 Å². The molecular formula is C24H27ClN4O2. The SMILES string of the molecule is CC(=O)c1cccc(Nc2c(C(=O)N3CCCCC3C)cnc3nc(C)ccc23)c1.Cl. The second-order valence-corrected chi connectivity index (χ2v) is 7.98. The average Bonchev–Trinajstić information content (AvgIpc) is 2.74. The lowest BCUT2D eigenvalue weighted by Crippen LogP contribution is -2.42. The summed E-state index contributed by atoms with van der Waals surface area (Å²) >= 11 is 0. The van der Waals surface area contributed by atoms with Crippen molar-refractivity contribution in [1.29, 1.82) is 0 Å². The van der Waals surface area contributed by atoms with E-state index in [2.05, 4.69) is 22.2 Å². The van der Waals surface area contributed by atoms with Crippen molar-refractivity contribution in [3.63, 3.8) is 0 Å². The Labute approximate surface area is 188 Å². The second kappa shape index (κ2) is 9.43. The number of carbonyl (C=O) groups is 2. The maximum absolute atomic E-state index is 13.5. The lowest BCUT2D eigenvalue weighted by molar-refractivity contribution is 0.0636. The van der Waals surface area contributed by atoms with Gasteiger partial charge in [-0.2, -0.15) is 0 Å². The molecule has 7 heteroatoms. The number of nitrogens with one attached hydrogen (secondary N) is 1. The van der Waals surface area contributed by atoms with E-state index < -0.39 is 0 Å². The Morgan fingerprint density at radius 2 is 1.97 bits per heavy atom. The van der Waals surface area contributed by atoms with Crippen molar-refractivity contribution in [2.24, 2.45) is 0 Å². The summed E-state index contributed by atoms with van der Waals surface area (Å²) in [7, 11) is 0. The van der Waals surface area contributed by atoms with Crippen molar-refractivity contribution >= 4 is 46.5 Å². The summed E-state index contributed by atoms with van der Waals surface area (Å²) in [5, 5.41) is 4.17. The van der Waals surface area contributed by atoms with Crippen LogP contribution in [-0.2, 0) is 0 Å². The quantitative estimate of drug-likeness (QED) is 0.558. The fourth-order valence-electron chi connectivity index (χ4n) is 3.98. The molecule has 3 aromatic rings. The molecule has 3 heterocycles. The van der Waals surface area contributed by atoms with Crippen molar-refractivity contribution in [2.75, 3.05) is 11.9 Å². The predicted molar refractivity (Wildman–Crippen MR) is 126 cm³/mol. The van der Waals surface area contributed by atoms with E-state index in [-0.39, 0.29) is 30.1 Å². The monoisotopic (exact) mass is 438 g/mol. The minimum atomic E-state index is -0.0256. The minimum absolute atomic E-state index is 0. The van der Waals surface area contributed by atoms with E-state index in [1.165, 1.54) is 0 Å². The number of piperidine rings is 1. The average molecular weight is 439 g/mol. The van der Waals surface area contributed by atoms with Gasteiger partial charge in [0.2, 0.25) is 0 Å². The van der Waals surface area contributed by atoms with Crippen molar-refractivity contribution in [2.45, 2.75) is 46.1 Å². The Balaban J connectivity index is 0.00000272. The maximum atomic E-state index is 13.5. The zero-order valence-electron chi connectivity index (χ0n) is 18.0. The van der Waals surface area contributed by atoms with Gasteiger partial charge in [-0.05, 0) is 64.3 Å². The van der Waals surface area contributed by atoms with E-state index in [1.54, 1.807) is 25.3 Å². The largest absolute Gasteiger partial charge is 0.354 e. The number of nitrogens with zero attached hydrogens (tertiary/aromatic N) is 3. The van der Waals surface area contributed by atoms with Crippen LogP contribution >= 0.6 is 12.4 Å². The molecule has 1 unspecified atom stereocenters. The molecule has 1 saturated heterocycles. The molecule has 162 valence electrons. The molecule has 1 amide bonds. The van der Waals surface area contributed by atoms with Gasteiger partial charge in [0.15, 0.2) is 11.4 Å². The fraction of sp³-hybridized carbons (Fsp3) is 0.333. The number of aryl methyl sites for hydroxylation is 1. The van der Waals surface area contributed by atoms with Crippen LogP contribution in [0, 0.1) is 6.92 Å². The van der Waals surface area contributed by atoms with E-state index in [0.717, 1.165) is 42.6 Å². The highest BCUT2D eigenvalue weighted by Gasteiger charge is 2.27. The van der Waals surface area contributed by atoms with Crippen molar-refractivity contribution < 1.29 is 9.59 Å². The molecule has 1 aliphatic rings. The number of aromatic nitrogens is 2. The number of amides is 1. The maximum Gasteiger partial charge on any atom is 0.257 e. The summed E-state index contributed by atoms with van der Waals surface area (Å²) in [6, 6.07) is 11.4. The standard InChI is InChI=1S/C24H26N4O2.ClH/c1-15-10-11-20-22(27-19-9-6-8-18(13-19)17(3)29)21(14-25-23(20)26-15)24(30)28-12-5-4-7-16(28)2;/h6,8-11,13-14,16H,4-5,7,12H2,1-3H3,(H,25,26,27);1H. The third-order valence-electron chi connectivity index (χ3n) is 5.70. The highest BCUT2D eigenvalue weighted by Crippen LogP contribution is 2.31. The third-order valence-corrected chi connectivity index (χ3v) is 5.70. The fourth-order valence-corrected chi connectivity index (χ4v) is 3.98. The molecule has 1 N–H and O–H groups in total. The van der Waals surface area contributed by atoms with Gasteiger partial charge in [0, 0.05) is 41.1 Å². The van der Waals surface area contributed by atoms with Crippen molar-refractivity contribution in [1.82, 2.24) is 14.9 Å². The normalized spacial score (nSPS) is 16.0. The number of carbonyl (C=O) groups excluding carboxylic acids is 2. The van der Waals surface area contributed by atoms with Gasteiger partial charge in [-0.25, -0.2) is 9.97 Å². The lowest BCUT2D eigenvalue weighted by Gasteiger charge is -2.34. The Bertz CT molecular complexity index is 1130. The van der Waals surface area contributed by atoms with E-state index in [4.69, 9.17) is 0 Å². The minimum Gasteiger partial charge on any atom is -0.354 e. The molecule has 1 atom stereocenters. The van der Waals surface area contributed by atoms with Crippen LogP contribution in [-0.4, -0.2) is 39.1 Å². The molecule has 0 saturated carbocycles. The summed E-state index contributed by atoms with van der Waals surface area (Å²) in [4.78, 5) is 36.2. The Morgan fingerprint density at radius 1 is 1.16 bits per heavy atom. The molecule has 0 radical (unpaired) electrons. The van der Waals surface area contributed by atoms with Gasteiger partial charge in [-0.15, -0.1) is 12.4 Å². The molecule has 0 spiro atoms. The van der Waals surface area contributed by atoms with E-state index in [9.17, 15) is 9.59 Å². The molecule has 1 aromatic carbocycles. The van der Waals surface area contributed by atoms with Gasteiger partial charge < -0.3 is 10.2 Å². The molecule has 0 bridgehead atoms. The first-order chi connectivity index (χ1) is 14.4. The highest BCUT2D eigenvalue weighted by atomic mass is 35.5. The molecular weight excluding hydrogens is 412 g/mol. The van der Waals surface area contributed by atoms with Gasteiger partial charge in [-0.3, -0.25) is 9.59 Å². The van der Waals surface area contributed by atoms with Crippen molar-refractivity contribution in [3.05, 3.63) is 59.4 Å². The van der Waals surface area contributed by atoms with Crippen LogP contribution in [0.15, 0.2) is 42.6 Å². The number of anilines is 2.